The fraction of sp³-hybridized carbons (Fsp3) is 0.846. The molecule has 0 amide bonds. The molecule has 2 fully saturated rings. The Hall–Kier alpha value is -1.70. The molecule has 0 radical (unpaired) electrons. The summed E-state index contributed by atoms with van der Waals surface area (Å²) >= 11 is 0. The third kappa shape index (κ3) is 13.3. The zero-order valence-corrected chi connectivity index (χ0v) is 20.4. The summed E-state index contributed by atoms with van der Waals surface area (Å²) in [5.41, 5.74) is 1.69. The molecule has 1 unspecified atom stereocenters. The molecule has 0 aromatic heterocycles. The van der Waals surface area contributed by atoms with Gasteiger partial charge in [-0.05, 0) is 82.0 Å². The van der Waals surface area contributed by atoms with Crippen LogP contribution in [0.4, 0.5) is 26.3 Å². The van der Waals surface area contributed by atoms with Gasteiger partial charge in [0.2, 0.25) is 0 Å². The number of alkyl halides is 6. The predicted octanol–water partition coefficient (Wildman–Crippen LogP) is 9.43. The Morgan fingerprint density at radius 2 is 1.32 bits per heavy atom. The summed E-state index contributed by atoms with van der Waals surface area (Å²) in [5.74, 6) is 1.53. The number of nitrogens with zero attached hydrogens (tertiary/aromatic N) is 2. The summed E-state index contributed by atoms with van der Waals surface area (Å²) in [6.45, 7) is 4.37. The first kappa shape index (κ1) is 30.3. The summed E-state index contributed by atoms with van der Waals surface area (Å²) in [6.07, 6.45) is -0.815. The maximum absolute atomic E-state index is 12.0. The summed E-state index contributed by atoms with van der Waals surface area (Å²) < 4.78 is 72.1. The van der Waals surface area contributed by atoms with E-state index >= 15 is 0 Å². The van der Waals surface area contributed by atoms with Gasteiger partial charge in [0.05, 0.1) is 12.1 Å². The van der Waals surface area contributed by atoms with E-state index in [2.05, 4.69) is 26.0 Å². The van der Waals surface area contributed by atoms with Gasteiger partial charge in [-0.1, -0.05) is 32.3 Å². The maximum atomic E-state index is 12.0. The molecule has 2 aliphatic rings. The molecule has 0 aromatic carbocycles. The topological polar surface area (TPSA) is 47.6 Å². The number of hydrogen-bond acceptors (Lipinski definition) is 2. The highest BCUT2D eigenvalue weighted by molar-refractivity contribution is 5.28. The Morgan fingerprint density at radius 1 is 0.824 bits per heavy atom. The molecule has 0 saturated heterocycles. The van der Waals surface area contributed by atoms with Gasteiger partial charge in [0, 0.05) is 24.3 Å². The van der Waals surface area contributed by atoms with Crippen molar-refractivity contribution in [3.63, 3.8) is 0 Å². The van der Waals surface area contributed by atoms with Crippen LogP contribution in [-0.4, -0.2) is 12.4 Å². The van der Waals surface area contributed by atoms with Gasteiger partial charge < -0.3 is 0 Å². The van der Waals surface area contributed by atoms with E-state index in [1.54, 1.807) is 0 Å². The first-order chi connectivity index (χ1) is 15.8. The van der Waals surface area contributed by atoms with Crippen LogP contribution in [-0.2, 0) is 0 Å². The van der Waals surface area contributed by atoms with E-state index in [0.717, 1.165) is 56.9 Å². The van der Waals surface area contributed by atoms with Crippen molar-refractivity contribution in [1.29, 1.82) is 10.5 Å². The summed E-state index contributed by atoms with van der Waals surface area (Å²) in [6, 6.07) is 4.29. The molecule has 34 heavy (non-hydrogen) atoms. The number of allylic oxidation sites excluding steroid dienone is 2. The van der Waals surface area contributed by atoms with Crippen molar-refractivity contribution in [2.75, 3.05) is 0 Å². The minimum absolute atomic E-state index is 0.0332. The van der Waals surface area contributed by atoms with Crippen LogP contribution in [0.15, 0.2) is 11.1 Å². The molecule has 8 heteroatoms. The Balaban J connectivity index is 0.000000340. The van der Waals surface area contributed by atoms with Crippen LogP contribution in [0.2, 0.25) is 0 Å². The molecule has 2 aliphatic carbocycles. The van der Waals surface area contributed by atoms with E-state index < -0.39 is 25.2 Å². The van der Waals surface area contributed by atoms with Crippen LogP contribution in [0.3, 0.4) is 0 Å². The molecule has 194 valence electrons. The fourth-order valence-corrected chi connectivity index (χ4v) is 4.81. The third-order valence-corrected chi connectivity index (χ3v) is 7.10. The Labute approximate surface area is 200 Å². The van der Waals surface area contributed by atoms with Crippen molar-refractivity contribution in [3.05, 3.63) is 11.1 Å². The highest BCUT2D eigenvalue weighted by Gasteiger charge is 2.30. The number of halogens is 6. The van der Waals surface area contributed by atoms with Crippen LogP contribution >= 0.6 is 0 Å². The van der Waals surface area contributed by atoms with E-state index in [1.807, 2.05) is 0 Å². The van der Waals surface area contributed by atoms with Gasteiger partial charge in [0.25, 0.3) is 0 Å². The van der Waals surface area contributed by atoms with Crippen molar-refractivity contribution < 1.29 is 26.3 Å². The molecule has 0 heterocycles. The van der Waals surface area contributed by atoms with Gasteiger partial charge >= 0.3 is 12.4 Å². The molecular formula is C26H38F6N2. The van der Waals surface area contributed by atoms with E-state index in [9.17, 15) is 26.3 Å². The van der Waals surface area contributed by atoms with Gasteiger partial charge in [-0.2, -0.15) is 36.9 Å². The molecule has 2 nitrogen and oxygen atoms in total. The van der Waals surface area contributed by atoms with Crippen molar-refractivity contribution in [1.82, 2.24) is 0 Å². The number of rotatable bonds is 7. The van der Waals surface area contributed by atoms with Crippen molar-refractivity contribution in [2.45, 2.75) is 116 Å². The van der Waals surface area contributed by atoms with Crippen LogP contribution in [0.1, 0.15) is 104 Å². The van der Waals surface area contributed by atoms with Crippen LogP contribution < -0.4 is 0 Å². The average Bonchev–Trinajstić information content (AvgIpc) is 2.75. The second-order valence-corrected chi connectivity index (χ2v) is 10.1. The van der Waals surface area contributed by atoms with Crippen molar-refractivity contribution in [2.24, 2.45) is 23.7 Å². The van der Waals surface area contributed by atoms with Gasteiger partial charge in [-0.3, -0.25) is 0 Å². The smallest absolute Gasteiger partial charge is 0.198 e. The third-order valence-electron chi connectivity index (χ3n) is 7.10. The zero-order chi connectivity index (χ0) is 25.8. The van der Waals surface area contributed by atoms with Crippen molar-refractivity contribution in [3.8, 4) is 12.1 Å². The monoisotopic (exact) mass is 492 g/mol. The molecule has 0 spiro atoms. The first-order valence-corrected chi connectivity index (χ1v) is 12.5. The standard InChI is InChI=1S/C13H20F3N.C13H18F3N/c2*1-10-4-6-11(7-5-10)12(9-17)3-2-8-13(14,15)16/h10-12H,2-8H2,1H3;10H,2-8H2,1H3. The lowest BCUT2D eigenvalue weighted by Crippen LogP contribution is -2.20. The van der Waals surface area contributed by atoms with Crippen LogP contribution in [0.5, 0.6) is 0 Å². The Kier molecular flexibility index (Phi) is 13.1. The molecule has 1 atom stereocenters. The summed E-state index contributed by atoms with van der Waals surface area (Å²) in [5, 5.41) is 18.0. The molecule has 0 bridgehead atoms. The SMILES string of the molecule is CC1CCC(=C(C#N)CCCC(F)(F)F)CC1.CC1CCC(C(C#N)CCCC(F)(F)F)CC1. The van der Waals surface area contributed by atoms with E-state index in [1.165, 1.54) is 0 Å². The normalized spacial score (nSPS) is 24.3. The number of hydrogen-bond donors (Lipinski definition) is 0. The zero-order valence-electron chi connectivity index (χ0n) is 20.4. The average molecular weight is 493 g/mol. The lowest BCUT2D eigenvalue weighted by molar-refractivity contribution is -0.136. The molecule has 0 N–H and O–H groups in total. The lowest BCUT2D eigenvalue weighted by atomic mass is 9.75. The minimum Gasteiger partial charge on any atom is -0.198 e. The summed E-state index contributed by atoms with van der Waals surface area (Å²) in [4.78, 5) is 0. The predicted molar refractivity (Wildman–Crippen MR) is 120 cm³/mol. The largest absolute Gasteiger partial charge is 0.389 e. The molecule has 2 rings (SSSR count). The number of nitriles is 2. The molecular weight excluding hydrogens is 454 g/mol. The van der Waals surface area contributed by atoms with E-state index in [-0.39, 0.29) is 25.2 Å². The second kappa shape index (κ2) is 14.6. The first-order valence-electron chi connectivity index (χ1n) is 12.5. The molecule has 2 saturated carbocycles. The van der Waals surface area contributed by atoms with Crippen LogP contribution in [0, 0.1) is 46.3 Å². The van der Waals surface area contributed by atoms with Gasteiger partial charge in [0.1, 0.15) is 0 Å². The second-order valence-electron chi connectivity index (χ2n) is 10.1. The quantitative estimate of drug-likeness (QED) is 0.262. The van der Waals surface area contributed by atoms with E-state index in [0.29, 0.717) is 29.7 Å². The Morgan fingerprint density at radius 3 is 1.79 bits per heavy atom. The van der Waals surface area contributed by atoms with Crippen molar-refractivity contribution >= 4 is 0 Å². The van der Waals surface area contributed by atoms with E-state index in [4.69, 9.17) is 10.5 Å². The summed E-state index contributed by atoms with van der Waals surface area (Å²) in [7, 11) is 0. The molecule has 0 aromatic rings. The Bertz CT molecular complexity index is 693. The highest BCUT2D eigenvalue weighted by Crippen LogP contribution is 2.36. The van der Waals surface area contributed by atoms with Gasteiger partial charge in [-0.15, -0.1) is 0 Å². The minimum atomic E-state index is -4.10. The highest BCUT2D eigenvalue weighted by atomic mass is 19.4. The maximum Gasteiger partial charge on any atom is 0.389 e. The fourth-order valence-electron chi connectivity index (χ4n) is 4.81. The van der Waals surface area contributed by atoms with Gasteiger partial charge in [-0.25, -0.2) is 0 Å². The van der Waals surface area contributed by atoms with Crippen LogP contribution in [0.25, 0.3) is 0 Å². The lowest BCUT2D eigenvalue weighted by Gasteiger charge is -2.29. The van der Waals surface area contributed by atoms with Gasteiger partial charge in [0.15, 0.2) is 0 Å². The molecule has 0 aliphatic heterocycles.